The quantitative estimate of drug-likeness (QED) is 0.653. The Morgan fingerprint density at radius 2 is 2.00 bits per heavy atom. The van der Waals surface area contributed by atoms with Crippen LogP contribution in [0.5, 0.6) is 0 Å². The van der Waals surface area contributed by atoms with Gasteiger partial charge in [0.2, 0.25) is 0 Å². The third-order valence-corrected chi connectivity index (χ3v) is 4.66. The van der Waals surface area contributed by atoms with Crippen LogP contribution in [0.1, 0.15) is 31.2 Å². The Morgan fingerprint density at radius 3 is 2.52 bits per heavy atom. The molecule has 6 nitrogen and oxygen atoms in total. The molecule has 0 aliphatic heterocycles. The van der Waals surface area contributed by atoms with E-state index >= 15 is 0 Å². The number of hydrogen-bond donors (Lipinski definition) is 1. The van der Waals surface area contributed by atoms with Crippen LogP contribution in [0.15, 0.2) is 36.9 Å². The first kappa shape index (κ1) is 17.6. The molecule has 1 saturated carbocycles. The monoisotopic (exact) mass is 357 g/mol. The second-order valence-corrected chi connectivity index (χ2v) is 6.43. The van der Waals surface area contributed by atoms with Crippen LogP contribution in [-0.2, 0) is 12.0 Å². The molecule has 0 amide bonds. The molecule has 8 heteroatoms. The van der Waals surface area contributed by atoms with Crippen molar-refractivity contribution < 1.29 is 10.3 Å². The molecule has 0 bridgehead atoms. The number of benzene rings is 1. The number of nitrogens with zero attached hydrogens (tertiary/aromatic N) is 3. The molecule has 1 aliphatic carbocycles. The van der Waals surface area contributed by atoms with Gasteiger partial charge in [-0.3, -0.25) is 0 Å². The van der Waals surface area contributed by atoms with E-state index in [1.165, 1.54) is 31.2 Å². The maximum atomic E-state index is 8.36. The molecule has 0 atom stereocenters. The highest BCUT2D eigenvalue weighted by Crippen LogP contribution is 2.45. The fourth-order valence-electron chi connectivity index (χ4n) is 3.21. The average molecular weight is 358 g/mol. The van der Waals surface area contributed by atoms with Gasteiger partial charge < -0.3 is 9.77 Å². The lowest BCUT2D eigenvalue weighted by Crippen LogP contribution is -2.28. The molecule has 2 aromatic rings. The number of aromatic nitrogens is 2. The topological polar surface area (TPSA) is 81.2 Å². The lowest BCUT2D eigenvalue weighted by atomic mass is 9.78. The van der Waals surface area contributed by atoms with Gasteiger partial charge in [0.05, 0.1) is 6.33 Å². The SMILES string of the molecule is Clc1ccc(C2(Cn3ccnc3)CCCC2)c(Cl)c1.O=[N+]([O-])O. The zero-order valence-electron chi connectivity index (χ0n) is 12.4. The van der Waals surface area contributed by atoms with Gasteiger partial charge in [0, 0.05) is 34.4 Å². The van der Waals surface area contributed by atoms with Crippen molar-refractivity contribution in [2.45, 2.75) is 37.6 Å². The Morgan fingerprint density at radius 1 is 1.35 bits per heavy atom. The van der Waals surface area contributed by atoms with E-state index in [1.54, 1.807) is 0 Å². The van der Waals surface area contributed by atoms with Crippen LogP contribution in [0.2, 0.25) is 10.0 Å². The first-order valence-corrected chi connectivity index (χ1v) is 7.93. The minimum atomic E-state index is -1.50. The standard InChI is InChI=1S/C15H16Cl2N2.HNO3/c16-12-3-4-13(14(17)9-12)15(5-1-2-6-15)10-19-8-7-18-11-19;2-1(3)4/h3-4,7-9,11H,1-2,5-6,10H2;(H,2,3,4). The predicted octanol–water partition coefficient (Wildman–Crippen LogP) is 4.35. The van der Waals surface area contributed by atoms with Crippen LogP contribution < -0.4 is 0 Å². The molecule has 124 valence electrons. The maximum absolute atomic E-state index is 8.36. The molecule has 1 heterocycles. The van der Waals surface area contributed by atoms with Crippen LogP contribution in [0.4, 0.5) is 0 Å². The molecular weight excluding hydrogens is 341 g/mol. The second kappa shape index (κ2) is 7.66. The van der Waals surface area contributed by atoms with Crippen molar-refractivity contribution in [3.05, 3.63) is 62.6 Å². The summed E-state index contributed by atoms with van der Waals surface area (Å²) in [7, 11) is 0. The van der Waals surface area contributed by atoms with Crippen molar-refractivity contribution >= 4 is 23.2 Å². The molecule has 23 heavy (non-hydrogen) atoms. The highest BCUT2D eigenvalue weighted by molar-refractivity contribution is 6.35. The Hall–Kier alpha value is -1.79. The molecule has 0 saturated heterocycles. The minimum absolute atomic E-state index is 0.127. The van der Waals surface area contributed by atoms with Crippen LogP contribution >= 0.6 is 23.2 Å². The fraction of sp³-hybridized carbons (Fsp3) is 0.400. The van der Waals surface area contributed by atoms with Gasteiger partial charge in [0.25, 0.3) is 5.09 Å². The largest absolute Gasteiger partial charge is 0.337 e. The Balaban J connectivity index is 0.000000433. The van der Waals surface area contributed by atoms with Crippen molar-refractivity contribution in [2.24, 2.45) is 0 Å². The van der Waals surface area contributed by atoms with Gasteiger partial charge in [-0.05, 0) is 30.5 Å². The zero-order valence-corrected chi connectivity index (χ0v) is 13.9. The summed E-state index contributed by atoms with van der Waals surface area (Å²) >= 11 is 12.4. The van der Waals surface area contributed by atoms with E-state index in [0.717, 1.165) is 11.6 Å². The summed E-state index contributed by atoms with van der Waals surface area (Å²) in [5.41, 5.74) is 1.35. The Kier molecular flexibility index (Phi) is 5.85. The van der Waals surface area contributed by atoms with Crippen LogP contribution in [-0.4, -0.2) is 19.8 Å². The molecule has 1 fully saturated rings. The van der Waals surface area contributed by atoms with Gasteiger partial charge in [-0.2, -0.15) is 0 Å². The Bertz CT molecular complexity index is 652. The van der Waals surface area contributed by atoms with E-state index in [0.29, 0.717) is 5.02 Å². The third kappa shape index (κ3) is 4.59. The van der Waals surface area contributed by atoms with E-state index in [9.17, 15) is 0 Å². The average Bonchev–Trinajstić information content (AvgIpc) is 3.11. The van der Waals surface area contributed by atoms with E-state index in [-0.39, 0.29) is 5.41 Å². The highest BCUT2D eigenvalue weighted by Gasteiger charge is 2.37. The number of halogens is 2. The summed E-state index contributed by atoms with van der Waals surface area (Å²) < 4.78 is 2.15. The normalized spacial score (nSPS) is 15.7. The summed E-state index contributed by atoms with van der Waals surface area (Å²) in [6.07, 6.45) is 10.6. The van der Waals surface area contributed by atoms with Crippen LogP contribution in [0.3, 0.4) is 0 Å². The van der Waals surface area contributed by atoms with Gasteiger partial charge in [0.1, 0.15) is 0 Å². The molecule has 1 aromatic carbocycles. The zero-order chi connectivity index (χ0) is 16.9. The summed E-state index contributed by atoms with van der Waals surface area (Å²) in [5, 5.41) is 15.1. The smallest absolute Gasteiger partial charge is 0.291 e. The van der Waals surface area contributed by atoms with Gasteiger partial charge in [-0.25, -0.2) is 4.98 Å². The molecule has 1 aliphatic rings. The van der Waals surface area contributed by atoms with E-state index in [1.807, 2.05) is 30.9 Å². The summed E-state index contributed by atoms with van der Waals surface area (Å²) in [6, 6.07) is 5.89. The molecule has 0 spiro atoms. The van der Waals surface area contributed by atoms with Crippen LogP contribution in [0.25, 0.3) is 0 Å². The third-order valence-electron chi connectivity index (χ3n) is 4.11. The van der Waals surface area contributed by atoms with E-state index < -0.39 is 5.09 Å². The number of rotatable bonds is 3. The lowest BCUT2D eigenvalue weighted by molar-refractivity contribution is -0.742. The maximum Gasteiger partial charge on any atom is 0.291 e. The van der Waals surface area contributed by atoms with Crippen molar-refractivity contribution in [1.82, 2.24) is 9.55 Å². The van der Waals surface area contributed by atoms with Crippen molar-refractivity contribution in [3.63, 3.8) is 0 Å². The number of hydrogen-bond acceptors (Lipinski definition) is 3. The van der Waals surface area contributed by atoms with Crippen molar-refractivity contribution in [2.75, 3.05) is 0 Å². The van der Waals surface area contributed by atoms with Gasteiger partial charge >= 0.3 is 0 Å². The molecule has 1 N–H and O–H groups in total. The molecule has 1 aromatic heterocycles. The first-order chi connectivity index (χ1) is 10.9. The second-order valence-electron chi connectivity index (χ2n) is 5.58. The summed E-state index contributed by atoms with van der Waals surface area (Å²) in [6.45, 7) is 0.939. The van der Waals surface area contributed by atoms with E-state index in [4.69, 9.17) is 38.5 Å². The van der Waals surface area contributed by atoms with Crippen molar-refractivity contribution in [1.29, 1.82) is 0 Å². The van der Waals surface area contributed by atoms with Crippen molar-refractivity contribution in [3.8, 4) is 0 Å². The van der Waals surface area contributed by atoms with Crippen LogP contribution in [0, 0.1) is 10.1 Å². The minimum Gasteiger partial charge on any atom is -0.337 e. The van der Waals surface area contributed by atoms with E-state index in [2.05, 4.69) is 15.6 Å². The Labute approximate surface area is 143 Å². The van der Waals surface area contributed by atoms with Gasteiger partial charge in [-0.1, -0.05) is 42.1 Å². The van der Waals surface area contributed by atoms with Gasteiger partial charge in [-0.15, -0.1) is 10.1 Å². The summed E-state index contributed by atoms with van der Waals surface area (Å²) in [5.74, 6) is 0. The molecular formula is C15H17Cl2N3O3. The summed E-state index contributed by atoms with van der Waals surface area (Å²) in [4.78, 5) is 12.5. The fourth-order valence-corrected chi connectivity index (χ4v) is 3.82. The van der Waals surface area contributed by atoms with Gasteiger partial charge in [0.15, 0.2) is 0 Å². The highest BCUT2D eigenvalue weighted by atomic mass is 35.5. The molecule has 0 radical (unpaired) electrons. The molecule has 0 unspecified atom stereocenters. The lowest BCUT2D eigenvalue weighted by Gasteiger charge is -2.31. The predicted molar refractivity (Wildman–Crippen MR) is 87.6 cm³/mol. The molecule has 3 rings (SSSR count). The number of imidazole rings is 1. The first-order valence-electron chi connectivity index (χ1n) is 7.17.